The van der Waals surface area contributed by atoms with Crippen molar-refractivity contribution < 1.29 is 9.15 Å². The Kier molecular flexibility index (Phi) is 2.83. The predicted octanol–water partition coefficient (Wildman–Crippen LogP) is 4.66. The molecule has 2 heterocycles. The largest absolute Gasteiger partial charge is 0.475 e. The molecule has 110 valence electrons. The quantitative estimate of drug-likeness (QED) is 0.688. The highest BCUT2D eigenvalue weighted by molar-refractivity contribution is 5.98. The fraction of sp³-hybridized carbons (Fsp3) is 0.211. The van der Waals surface area contributed by atoms with Gasteiger partial charge in [0, 0.05) is 16.5 Å². The average Bonchev–Trinajstić information content (AvgIpc) is 3.13. The first-order valence-corrected chi connectivity index (χ1v) is 7.42. The van der Waals surface area contributed by atoms with Crippen LogP contribution in [0.4, 0.5) is 0 Å². The van der Waals surface area contributed by atoms with Crippen molar-refractivity contribution in [3.63, 3.8) is 0 Å². The third kappa shape index (κ3) is 2.19. The lowest BCUT2D eigenvalue weighted by Crippen LogP contribution is -2.17. The van der Waals surface area contributed by atoms with E-state index in [0.717, 1.165) is 33.6 Å². The van der Waals surface area contributed by atoms with Crippen LogP contribution in [0.15, 0.2) is 64.2 Å². The Bertz CT molecular complexity index is 874. The van der Waals surface area contributed by atoms with Gasteiger partial charge in [0.15, 0.2) is 0 Å². The molecule has 0 amide bonds. The lowest BCUT2D eigenvalue weighted by atomic mass is 10.0. The van der Waals surface area contributed by atoms with Crippen LogP contribution in [-0.2, 0) is 4.74 Å². The van der Waals surface area contributed by atoms with E-state index in [-0.39, 0.29) is 5.54 Å². The van der Waals surface area contributed by atoms with Gasteiger partial charge in [0.1, 0.15) is 12.2 Å². The van der Waals surface area contributed by atoms with Crippen LogP contribution in [-0.4, -0.2) is 18.0 Å². The van der Waals surface area contributed by atoms with Gasteiger partial charge in [-0.1, -0.05) is 30.3 Å². The molecule has 3 aromatic rings. The number of hydrogen-bond acceptors (Lipinski definition) is 3. The number of ether oxygens (including phenoxy) is 1. The van der Waals surface area contributed by atoms with E-state index in [1.165, 1.54) is 0 Å². The van der Waals surface area contributed by atoms with Crippen LogP contribution < -0.4 is 0 Å². The van der Waals surface area contributed by atoms with Crippen molar-refractivity contribution >= 4 is 16.9 Å². The van der Waals surface area contributed by atoms with E-state index < -0.39 is 0 Å². The third-order valence-corrected chi connectivity index (χ3v) is 3.87. The molecule has 3 nitrogen and oxygen atoms in total. The summed E-state index contributed by atoms with van der Waals surface area (Å²) in [5.74, 6) is 0.721. The van der Waals surface area contributed by atoms with Gasteiger partial charge in [0.25, 0.3) is 0 Å². The zero-order valence-corrected chi connectivity index (χ0v) is 12.7. The molecule has 1 aliphatic heterocycles. The molecular weight excluding hydrogens is 274 g/mol. The van der Waals surface area contributed by atoms with E-state index in [4.69, 9.17) is 9.15 Å². The molecule has 0 atom stereocenters. The van der Waals surface area contributed by atoms with Gasteiger partial charge in [-0.05, 0) is 37.6 Å². The first kappa shape index (κ1) is 13.1. The number of fused-ring (bicyclic) bond motifs is 1. The second kappa shape index (κ2) is 4.73. The summed E-state index contributed by atoms with van der Waals surface area (Å²) < 4.78 is 11.4. The molecule has 1 aliphatic rings. The van der Waals surface area contributed by atoms with Gasteiger partial charge in [-0.25, -0.2) is 4.99 Å². The first-order valence-electron chi connectivity index (χ1n) is 7.42. The van der Waals surface area contributed by atoms with E-state index in [1.807, 2.05) is 24.3 Å². The molecule has 2 aromatic carbocycles. The van der Waals surface area contributed by atoms with Crippen LogP contribution in [0.1, 0.15) is 19.4 Å². The van der Waals surface area contributed by atoms with Crippen LogP contribution in [0.25, 0.3) is 22.1 Å². The minimum absolute atomic E-state index is 0.146. The van der Waals surface area contributed by atoms with Crippen LogP contribution in [0.2, 0.25) is 0 Å². The normalized spacial score (nSPS) is 16.5. The number of para-hydroxylation sites is 1. The van der Waals surface area contributed by atoms with E-state index in [0.29, 0.717) is 6.61 Å². The van der Waals surface area contributed by atoms with Crippen molar-refractivity contribution in [2.24, 2.45) is 4.99 Å². The highest BCUT2D eigenvalue weighted by Gasteiger charge is 2.27. The number of furan rings is 1. The highest BCUT2D eigenvalue weighted by Crippen LogP contribution is 2.30. The van der Waals surface area contributed by atoms with Gasteiger partial charge >= 0.3 is 0 Å². The van der Waals surface area contributed by atoms with Crippen molar-refractivity contribution in [2.75, 3.05) is 6.61 Å². The van der Waals surface area contributed by atoms with Crippen molar-refractivity contribution in [1.29, 1.82) is 0 Å². The SMILES string of the molecule is CC1(C)COC(c2cccc(-c3cccc4ccoc34)c2)=N1. The van der Waals surface area contributed by atoms with E-state index in [1.54, 1.807) is 6.26 Å². The van der Waals surface area contributed by atoms with Gasteiger partial charge in [0.05, 0.1) is 11.8 Å². The van der Waals surface area contributed by atoms with Gasteiger partial charge < -0.3 is 9.15 Å². The number of rotatable bonds is 2. The molecule has 22 heavy (non-hydrogen) atoms. The molecule has 1 aromatic heterocycles. The Balaban J connectivity index is 1.81. The van der Waals surface area contributed by atoms with Gasteiger partial charge in [-0.3, -0.25) is 0 Å². The minimum atomic E-state index is -0.146. The Morgan fingerprint density at radius 3 is 2.64 bits per heavy atom. The summed E-state index contributed by atoms with van der Waals surface area (Å²) in [7, 11) is 0. The highest BCUT2D eigenvalue weighted by atomic mass is 16.5. The maximum absolute atomic E-state index is 5.74. The van der Waals surface area contributed by atoms with Crippen LogP contribution >= 0.6 is 0 Å². The molecule has 4 rings (SSSR count). The summed E-state index contributed by atoms with van der Waals surface area (Å²) >= 11 is 0. The summed E-state index contributed by atoms with van der Waals surface area (Å²) in [4.78, 5) is 4.65. The summed E-state index contributed by atoms with van der Waals surface area (Å²) in [5.41, 5.74) is 3.96. The van der Waals surface area contributed by atoms with Crippen molar-refractivity contribution in [2.45, 2.75) is 19.4 Å². The Morgan fingerprint density at radius 1 is 1.00 bits per heavy atom. The van der Waals surface area contributed by atoms with E-state index in [9.17, 15) is 0 Å². The molecule has 0 fully saturated rings. The van der Waals surface area contributed by atoms with Crippen LogP contribution in [0.5, 0.6) is 0 Å². The van der Waals surface area contributed by atoms with Crippen molar-refractivity contribution in [3.8, 4) is 11.1 Å². The predicted molar refractivity (Wildman–Crippen MR) is 88.2 cm³/mol. The van der Waals surface area contributed by atoms with Gasteiger partial charge in [0.2, 0.25) is 5.90 Å². The topological polar surface area (TPSA) is 34.7 Å². The fourth-order valence-corrected chi connectivity index (χ4v) is 2.77. The van der Waals surface area contributed by atoms with E-state index >= 15 is 0 Å². The maximum atomic E-state index is 5.74. The second-order valence-corrected chi connectivity index (χ2v) is 6.24. The summed E-state index contributed by atoms with van der Waals surface area (Å²) in [6.07, 6.45) is 1.73. The molecule has 0 N–H and O–H groups in total. The maximum Gasteiger partial charge on any atom is 0.216 e. The Labute approximate surface area is 129 Å². The van der Waals surface area contributed by atoms with Crippen LogP contribution in [0.3, 0.4) is 0 Å². The van der Waals surface area contributed by atoms with Gasteiger partial charge in [-0.2, -0.15) is 0 Å². The molecule has 0 aliphatic carbocycles. The molecule has 0 saturated heterocycles. The minimum Gasteiger partial charge on any atom is -0.475 e. The molecule has 0 unspecified atom stereocenters. The van der Waals surface area contributed by atoms with E-state index in [2.05, 4.69) is 43.1 Å². The Morgan fingerprint density at radius 2 is 1.82 bits per heavy atom. The standard InChI is InChI=1S/C19H17NO2/c1-19(2)12-22-18(20-19)15-7-3-6-14(11-15)16-8-4-5-13-9-10-21-17(13)16/h3-11H,12H2,1-2H3. The lowest BCUT2D eigenvalue weighted by Gasteiger charge is -2.07. The fourth-order valence-electron chi connectivity index (χ4n) is 2.77. The number of aliphatic imine (C=N–C) groups is 1. The Hall–Kier alpha value is -2.55. The third-order valence-electron chi connectivity index (χ3n) is 3.87. The van der Waals surface area contributed by atoms with Crippen molar-refractivity contribution in [3.05, 3.63) is 60.4 Å². The average molecular weight is 291 g/mol. The molecule has 0 spiro atoms. The summed E-state index contributed by atoms with van der Waals surface area (Å²) in [6.45, 7) is 4.78. The van der Waals surface area contributed by atoms with Crippen LogP contribution in [0, 0.1) is 0 Å². The lowest BCUT2D eigenvalue weighted by molar-refractivity contribution is 0.279. The van der Waals surface area contributed by atoms with Gasteiger partial charge in [-0.15, -0.1) is 0 Å². The number of benzene rings is 2. The molecule has 3 heteroatoms. The molecule has 0 radical (unpaired) electrons. The zero-order chi connectivity index (χ0) is 15.2. The number of nitrogens with zero attached hydrogens (tertiary/aromatic N) is 1. The second-order valence-electron chi connectivity index (χ2n) is 6.24. The molecule has 0 saturated carbocycles. The summed E-state index contributed by atoms with van der Waals surface area (Å²) in [6, 6.07) is 16.4. The molecular formula is C19H17NO2. The van der Waals surface area contributed by atoms with Crippen molar-refractivity contribution in [1.82, 2.24) is 0 Å². The smallest absolute Gasteiger partial charge is 0.216 e. The molecule has 0 bridgehead atoms. The summed E-state index contributed by atoms with van der Waals surface area (Å²) in [5, 5.41) is 1.11. The monoisotopic (exact) mass is 291 g/mol. The first-order chi connectivity index (χ1) is 10.6. The zero-order valence-electron chi connectivity index (χ0n) is 12.7. The number of hydrogen-bond donors (Lipinski definition) is 0.